The molecule has 8 nitrogen and oxygen atoms in total. The van der Waals surface area contributed by atoms with Crippen LogP contribution in [0.4, 0.5) is 22.1 Å². The Morgan fingerprint density at radius 3 is 2.96 bits per heavy atom. The SMILES string of the molecule is N#CCCC(=O)c1ccc2c(n1)N(C(=O)Nc1ccccn1)[C@H]1CCN2C1. The summed E-state index contributed by atoms with van der Waals surface area (Å²) in [6, 6.07) is 10.5. The standard InChI is InChI=1S/C19H18N6O2/c20-9-3-4-16(26)14-6-7-15-18(22-14)25(13-8-11-24(15)12-13)19(27)23-17-5-1-2-10-21-17/h1-2,5-7,10,13H,3-4,8,11-12H2,(H,21,23,27)/t13-/m0/s1. The molecule has 0 saturated carbocycles. The lowest BCUT2D eigenvalue weighted by molar-refractivity contribution is 0.0979. The average molecular weight is 362 g/mol. The Morgan fingerprint density at radius 1 is 1.30 bits per heavy atom. The van der Waals surface area contributed by atoms with Crippen molar-refractivity contribution in [1.29, 1.82) is 5.26 Å². The van der Waals surface area contributed by atoms with Crippen molar-refractivity contribution in [2.24, 2.45) is 0 Å². The van der Waals surface area contributed by atoms with Crippen LogP contribution in [0, 0.1) is 11.3 Å². The van der Waals surface area contributed by atoms with Gasteiger partial charge in [-0.3, -0.25) is 15.0 Å². The number of aromatic nitrogens is 2. The van der Waals surface area contributed by atoms with E-state index in [9.17, 15) is 9.59 Å². The number of nitrogens with zero attached hydrogens (tertiary/aromatic N) is 5. The third kappa shape index (κ3) is 3.19. The van der Waals surface area contributed by atoms with E-state index in [1.165, 1.54) is 0 Å². The maximum Gasteiger partial charge on any atom is 0.329 e. The van der Waals surface area contributed by atoms with Crippen molar-refractivity contribution in [1.82, 2.24) is 9.97 Å². The van der Waals surface area contributed by atoms with Crippen LogP contribution in [0.2, 0.25) is 0 Å². The van der Waals surface area contributed by atoms with Crippen molar-refractivity contribution >= 4 is 29.1 Å². The number of carbonyl (C=O) groups is 2. The molecule has 1 N–H and O–H groups in total. The van der Waals surface area contributed by atoms with Crippen LogP contribution in [0.1, 0.15) is 29.8 Å². The number of Topliss-reactive ketones (excluding diaryl/α,β-unsaturated/α-hetero) is 1. The van der Waals surface area contributed by atoms with Gasteiger partial charge in [-0.1, -0.05) is 6.07 Å². The molecule has 2 aliphatic rings. The number of ketones is 1. The first-order valence-corrected chi connectivity index (χ1v) is 8.85. The summed E-state index contributed by atoms with van der Waals surface area (Å²) in [5.74, 6) is 0.753. The molecule has 27 heavy (non-hydrogen) atoms. The number of carbonyl (C=O) groups excluding carboxylic acids is 2. The van der Waals surface area contributed by atoms with E-state index in [0.717, 1.165) is 25.2 Å². The number of nitriles is 1. The fourth-order valence-corrected chi connectivity index (χ4v) is 3.53. The van der Waals surface area contributed by atoms with E-state index in [4.69, 9.17) is 5.26 Å². The molecule has 0 unspecified atom stereocenters. The Hall–Kier alpha value is -3.47. The highest BCUT2D eigenvalue weighted by Crippen LogP contribution is 2.39. The molecule has 1 fully saturated rings. The molecule has 2 aliphatic heterocycles. The van der Waals surface area contributed by atoms with Gasteiger partial charge in [0.1, 0.15) is 11.5 Å². The zero-order chi connectivity index (χ0) is 18.8. The minimum Gasteiger partial charge on any atom is -0.366 e. The van der Waals surface area contributed by atoms with E-state index in [1.54, 1.807) is 35.4 Å². The van der Waals surface area contributed by atoms with Crippen LogP contribution in [-0.2, 0) is 0 Å². The van der Waals surface area contributed by atoms with Gasteiger partial charge in [-0.25, -0.2) is 14.8 Å². The smallest absolute Gasteiger partial charge is 0.329 e. The third-order valence-electron chi connectivity index (χ3n) is 4.82. The number of nitrogens with one attached hydrogen (secondary N) is 1. The highest BCUT2D eigenvalue weighted by Gasteiger charge is 2.40. The molecule has 2 aromatic heterocycles. The van der Waals surface area contributed by atoms with E-state index >= 15 is 0 Å². The molecule has 8 heteroatoms. The average Bonchev–Trinajstić information content (AvgIpc) is 3.11. The fraction of sp³-hybridized carbons (Fsp3) is 0.316. The van der Waals surface area contributed by atoms with E-state index in [-0.39, 0.29) is 36.4 Å². The normalized spacial score (nSPS) is 17.2. The van der Waals surface area contributed by atoms with Gasteiger partial charge in [-0.15, -0.1) is 0 Å². The van der Waals surface area contributed by atoms with Crippen molar-refractivity contribution in [2.75, 3.05) is 28.2 Å². The number of hydrogen-bond donors (Lipinski definition) is 1. The van der Waals surface area contributed by atoms with Gasteiger partial charge in [-0.2, -0.15) is 5.26 Å². The topological polar surface area (TPSA) is 102 Å². The first-order chi connectivity index (χ1) is 13.2. The van der Waals surface area contributed by atoms with Crippen LogP contribution in [0.25, 0.3) is 0 Å². The van der Waals surface area contributed by atoms with Crippen molar-refractivity contribution < 1.29 is 9.59 Å². The quantitative estimate of drug-likeness (QED) is 0.839. The lowest BCUT2D eigenvalue weighted by atomic mass is 10.1. The largest absolute Gasteiger partial charge is 0.366 e. The molecule has 0 radical (unpaired) electrons. The first-order valence-electron chi connectivity index (χ1n) is 8.85. The zero-order valence-corrected chi connectivity index (χ0v) is 14.6. The van der Waals surface area contributed by atoms with Gasteiger partial charge >= 0.3 is 6.03 Å². The van der Waals surface area contributed by atoms with Crippen LogP contribution in [0.15, 0.2) is 36.5 Å². The molecule has 0 aliphatic carbocycles. The van der Waals surface area contributed by atoms with Gasteiger partial charge < -0.3 is 4.90 Å². The van der Waals surface area contributed by atoms with Gasteiger partial charge in [0, 0.05) is 32.1 Å². The maximum atomic E-state index is 13.0. The Kier molecular flexibility index (Phi) is 4.42. The predicted octanol–water partition coefficient (Wildman–Crippen LogP) is 2.59. The van der Waals surface area contributed by atoms with Crippen LogP contribution in [0.5, 0.6) is 0 Å². The minimum absolute atomic E-state index is 0.00169. The molecule has 1 saturated heterocycles. The van der Waals surface area contributed by atoms with Crippen molar-refractivity contribution in [3.63, 3.8) is 0 Å². The van der Waals surface area contributed by atoms with Crippen LogP contribution in [-0.4, -0.2) is 40.9 Å². The summed E-state index contributed by atoms with van der Waals surface area (Å²) in [6.45, 7) is 1.58. The second-order valence-electron chi connectivity index (χ2n) is 6.52. The molecule has 4 heterocycles. The molecule has 0 spiro atoms. The minimum atomic E-state index is -0.310. The van der Waals surface area contributed by atoms with E-state index < -0.39 is 0 Å². The maximum absolute atomic E-state index is 13.0. The lowest BCUT2D eigenvalue weighted by Crippen LogP contribution is -2.48. The van der Waals surface area contributed by atoms with Crippen LogP contribution < -0.4 is 15.1 Å². The molecular weight excluding hydrogens is 344 g/mol. The van der Waals surface area contributed by atoms with Crippen molar-refractivity contribution in [3.05, 3.63) is 42.2 Å². The summed E-state index contributed by atoms with van der Waals surface area (Å²) in [5.41, 5.74) is 1.12. The Balaban J connectivity index is 1.66. The van der Waals surface area contributed by atoms with Gasteiger partial charge in [0.05, 0.1) is 17.8 Å². The van der Waals surface area contributed by atoms with Crippen LogP contribution in [0.3, 0.4) is 0 Å². The zero-order valence-electron chi connectivity index (χ0n) is 14.6. The van der Waals surface area contributed by atoms with Gasteiger partial charge in [0.15, 0.2) is 11.6 Å². The number of urea groups is 1. The molecule has 1 atom stereocenters. The van der Waals surface area contributed by atoms with Crippen LogP contribution >= 0.6 is 0 Å². The van der Waals surface area contributed by atoms with E-state index in [2.05, 4.69) is 20.2 Å². The number of hydrogen-bond acceptors (Lipinski definition) is 6. The molecular formula is C19H18N6O2. The third-order valence-corrected chi connectivity index (χ3v) is 4.82. The monoisotopic (exact) mass is 362 g/mol. The highest BCUT2D eigenvalue weighted by atomic mass is 16.2. The van der Waals surface area contributed by atoms with Gasteiger partial charge in [0.25, 0.3) is 0 Å². The number of amides is 2. The number of anilines is 3. The number of fused-ring (bicyclic) bond motifs is 4. The summed E-state index contributed by atoms with van der Waals surface area (Å²) < 4.78 is 0. The molecule has 0 aromatic carbocycles. The van der Waals surface area contributed by atoms with Crippen molar-refractivity contribution in [3.8, 4) is 6.07 Å². The molecule has 2 bridgehead atoms. The second-order valence-corrected chi connectivity index (χ2v) is 6.52. The number of pyridine rings is 2. The van der Waals surface area contributed by atoms with Gasteiger partial charge in [-0.05, 0) is 30.7 Å². The highest BCUT2D eigenvalue weighted by molar-refractivity contribution is 6.05. The summed E-state index contributed by atoms with van der Waals surface area (Å²) in [4.78, 5) is 37.7. The summed E-state index contributed by atoms with van der Waals surface area (Å²) in [7, 11) is 0. The summed E-state index contributed by atoms with van der Waals surface area (Å²) in [6.07, 6.45) is 2.72. The molecule has 2 aromatic rings. The molecule has 136 valence electrons. The number of rotatable bonds is 4. The first kappa shape index (κ1) is 17.0. The Labute approximate surface area is 156 Å². The van der Waals surface area contributed by atoms with E-state index in [1.807, 2.05) is 12.1 Å². The Bertz CT molecular complexity index is 924. The van der Waals surface area contributed by atoms with Crippen molar-refractivity contribution in [2.45, 2.75) is 25.3 Å². The second kappa shape index (κ2) is 7.03. The molecule has 2 amide bonds. The summed E-state index contributed by atoms with van der Waals surface area (Å²) in [5, 5.41) is 11.5. The lowest BCUT2D eigenvalue weighted by Gasteiger charge is -2.35. The fourth-order valence-electron chi connectivity index (χ4n) is 3.53. The summed E-state index contributed by atoms with van der Waals surface area (Å²) >= 11 is 0. The molecule has 4 rings (SSSR count). The predicted molar refractivity (Wildman–Crippen MR) is 99.8 cm³/mol. The van der Waals surface area contributed by atoms with Gasteiger partial charge in [0.2, 0.25) is 0 Å². The van der Waals surface area contributed by atoms with E-state index in [0.29, 0.717) is 11.6 Å². The Morgan fingerprint density at radius 2 is 2.19 bits per heavy atom.